The van der Waals surface area contributed by atoms with Crippen LogP contribution < -0.4 is 5.32 Å². The van der Waals surface area contributed by atoms with Crippen LogP contribution in [-0.4, -0.2) is 5.91 Å². The Morgan fingerprint density at radius 2 is 2.07 bits per heavy atom. The molecule has 1 amide bonds. The van der Waals surface area contributed by atoms with E-state index >= 15 is 0 Å². The first-order valence-corrected chi connectivity index (χ1v) is 5.59. The first kappa shape index (κ1) is 10.2. The molecule has 0 aliphatic carbocycles. The Morgan fingerprint density at radius 3 is 2.80 bits per heavy atom. The van der Waals surface area contributed by atoms with E-state index in [2.05, 4.69) is 37.4 Å². The second-order valence-electron chi connectivity index (χ2n) is 4.47. The molecular formula is C13H17NO. The molecule has 0 unspecified atom stereocenters. The molecule has 15 heavy (non-hydrogen) atoms. The fourth-order valence-electron chi connectivity index (χ4n) is 1.94. The van der Waals surface area contributed by atoms with Gasteiger partial charge in [-0.25, -0.2) is 0 Å². The Hall–Kier alpha value is -1.31. The number of aryl methyl sites for hydroxylation is 1. The van der Waals surface area contributed by atoms with Crippen molar-refractivity contribution < 1.29 is 4.79 Å². The highest BCUT2D eigenvalue weighted by molar-refractivity contribution is 5.92. The van der Waals surface area contributed by atoms with Gasteiger partial charge in [-0.05, 0) is 36.0 Å². The van der Waals surface area contributed by atoms with Gasteiger partial charge in [-0.1, -0.05) is 26.0 Å². The SMILES string of the molecule is CC(C)c1ccc2c(c1)NC(=O)CCC2. The van der Waals surface area contributed by atoms with Crippen LogP contribution in [0.15, 0.2) is 18.2 Å². The molecule has 2 rings (SSSR count). The van der Waals surface area contributed by atoms with Gasteiger partial charge in [0, 0.05) is 12.1 Å². The maximum atomic E-state index is 11.4. The Bertz CT molecular complexity index is 382. The van der Waals surface area contributed by atoms with E-state index in [-0.39, 0.29) is 5.91 Å². The number of amides is 1. The van der Waals surface area contributed by atoms with Crippen molar-refractivity contribution in [1.82, 2.24) is 0 Å². The van der Waals surface area contributed by atoms with Crippen molar-refractivity contribution in [3.8, 4) is 0 Å². The molecule has 0 radical (unpaired) electrons. The first-order chi connectivity index (χ1) is 7.16. The van der Waals surface area contributed by atoms with E-state index in [4.69, 9.17) is 0 Å². The monoisotopic (exact) mass is 203 g/mol. The lowest BCUT2D eigenvalue weighted by Crippen LogP contribution is -2.09. The summed E-state index contributed by atoms with van der Waals surface area (Å²) in [4.78, 5) is 11.4. The minimum atomic E-state index is 0.148. The number of rotatable bonds is 1. The average molecular weight is 203 g/mol. The molecule has 0 saturated carbocycles. The fourth-order valence-corrected chi connectivity index (χ4v) is 1.94. The standard InChI is InChI=1S/C13H17NO/c1-9(2)11-7-6-10-4-3-5-13(15)14-12(10)8-11/h6-9H,3-5H2,1-2H3,(H,14,15). The molecule has 1 aliphatic heterocycles. The maximum absolute atomic E-state index is 11.4. The highest BCUT2D eigenvalue weighted by Crippen LogP contribution is 2.26. The lowest BCUT2D eigenvalue weighted by molar-refractivity contribution is -0.116. The number of carbonyl (C=O) groups is 1. The van der Waals surface area contributed by atoms with E-state index in [1.165, 1.54) is 11.1 Å². The zero-order chi connectivity index (χ0) is 10.8. The summed E-state index contributed by atoms with van der Waals surface area (Å²) < 4.78 is 0. The van der Waals surface area contributed by atoms with Crippen LogP contribution in [0.3, 0.4) is 0 Å². The van der Waals surface area contributed by atoms with Crippen molar-refractivity contribution in [2.24, 2.45) is 0 Å². The maximum Gasteiger partial charge on any atom is 0.224 e. The molecule has 80 valence electrons. The van der Waals surface area contributed by atoms with Crippen LogP contribution in [-0.2, 0) is 11.2 Å². The number of anilines is 1. The molecule has 1 aromatic rings. The third-order valence-corrected chi connectivity index (χ3v) is 2.92. The number of hydrogen-bond donors (Lipinski definition) is 1. The van der Waals surface area contributed by atoms with Gasteiger partial charge in [-0.3, -0.25) is 4.79 Å². The number of fused-ring (bicyclic) bond motifs is 1. The minimum Gasteiger partial charge on any atom is -0.326 e. The lowest BCUT2D eigenvalue weighted by Gasteiger charge is -2.11. The van der Waals surface area contributed by atoms with E-state index in [0.29, 0.717) is 12.3 Å². The number of hydrogen-bond acceptors (Lipinski definition) is 1. The largest absolute Gasteiger partial charge is 0.326 e. The second kappa shape index (κ2) is 4.05. The summed E-state index contributed by atoms with van der Waals surface area (Å²) in [6, 6.07) is 6.43. The van der Waals surface area contributed by atoms with Crippen molar-refractivity contribution in [3.63, 3.8) is 0 Å². The lowest BCUT2D eigenvalue weighted by atomic mass is 9.99. The van der Waals surface area contributed by atoms with Crippen molar-refractivity contribution in [1.29, 1.82) is 0 Å². The second-order valence-corrected chi connectivity index (χ2v) is 4.47. The molecule has 1 aliphatic rings. The van der Waals surface area contributed by atoms with E-state index < -0.39 is 0 Å². The first-order valence-electron chi connectivity index (χ1n) is 5.59. The molecule has 0 bridgehead atoms. The molecule has 0 spiro atoms. The number of nitrogens with one attached hydrogen (secondary N) is 1. The van der Waals surface area contributed by atoms with Crippen LogP contribution in [0.4, 0.5) is 5.69 Å². The summed E-state index contributed by atoms with van der Waals surface area (Å²) >= 11 is 0. The van der Waals surface area contributed by atoms with Crippen LogP contribution in [0.1, 0.15) is 43.7 Å². The summed E-state index contributed by atoms with van der Waals surface area (Å²) in [6.07, 6.45) is 2.61. The summed E-state index contributed by atoms with van der Waals surface area (Å²) in [5.74, 6) is 0.658. The fraction of sp³-hybridized carbons (Fsp3) is 0.462. The van der Waals surface area contributed by atoms with E-state index in [0.717, 1.165) is 18.5 Å². The highest BCUT2D eigenvalue weighted by Gasteiger charge is 2.13. The zero-order valence-corrected chi connectivity index (χ0v) is 9.34. The number of carbonyl (C=O) groups excluding carboxylic acids is 1. The van der Waals surface area contributed by atoms with Gasteiger partial charge in [0.15, 0.2) is 0 Å². The molecule has 1 heterocycles. The van der Waals surface area contributed by atoms with Crippen molar-refractivity contribution >= 4 is 11.6 Å². The quantitative estimate of drug-likeness (QED) is 0.746. The van der Waals surface area contributed by atoms with Gasteiger partial charge in [-0.15, -0.1) is 0 Å². The van der Waals surface area contributed by atoms with Gasteiger partial charge in [0.25, 0.3) is 0 Å². The molecule has 1 aromatic carbocycles. The van der Waals surface area contributed by atoms with Gasteiger partial charge in [-0.2, -0.15) is 0 Å². The van der Waals surface area contributed by atoms with Gasteiger partial charge in [0.1, 0.15) is 0 Å². The molecule has 0 saturated heterocycles. The third-order valence-electron chi connectivity index (χ3n) is 2.92. The van der Waals surface area contributed by atoms with Gasteiger partial charge in [0.05, 0.1) is 0 Å². The molecule has 0 fully saturated rings. The van der Waals surface area contributed by atoms with Gasteiger partial charge in [0.2, 0.25) is 5.91 Å². The molecule has 0 aromatic heterocycles. The van der Waals surface area contributed by atoms with Crippen LogP contribution >= 0.6 is 0 Å². The van der Waals surface area contributed by atoms with E-state index in [1.807, 2.05) is 0 Å². The van der Waals surface area contributed by atoms with Crippen molar-refractivity contribution in [2.75, 3.05) is 5.32 Å². The van der Waals surface area contributed by atoms with Crippen LogP contribution in [0.2, 0.25) is 0 Å². The van der Waals surface area contributed by atoms with Crippen LogP contribution in [0.5, 0.6) is 0 Å². The van der Waals surface area contributed by atoms with Gasteiger partial charge >= 0.3 is 0 Å². The average Bonchev–Trinajstić information content (AvgIpc) is 2.37. The topological polar surface area (TPSA) is 29.1 Å². The normalized spacial score (nSPS) is 15.8. The zero-order valence-electron chi connectivity index (χ0n) is 9.34. The Balaban J connectivity index is 2.37. The summed E-state index contributed by atoms with van der Waals surface area (Å²) in [7, 11) is 0. The number of benzene rings is 1. The van der Waals surface area contributed by atoms with Crippen LogP contribution in [0, 0.1) is 0 Å². The highest BCUT2D eigenvalue weighted by atomic mass is 16.1. The summed E-state index contributed by atoms with van der Waals surface area (Å²) in [6.45, 7) is 4.33. The summed E-state index contributed by atoms with van der Waals surface area (Å²) in [5, 5.41) is 2.98. The Labute approximate surface area is 90.7 Å². The Morgan fingerprint density at radius 1 is 1.27 bits per heavy atom. The molecular weight excluding hydrogens is 186 g/mol. The predicted octanol–water partition coefficient (Wildman–Crippen LogP) is 3.08. The van der Waals surface area contributed by atoms with Crippen LogP contribution in [0.25, 0.3) is 0 Å². The molecule has 2 nitrogen and oxygen atoms in total. The molecule has 2 heteroatoms. The van der Waals surface area contributed by atoms with E-state index in [1.54, 1.807) is 0 Å². The third kappa shape index (κ3) is 2.20. The van der Waals surface area contributed by atoms with Crippen molar-refractivity contribution in [3.05, 3.63) is 29.3 Å². The Kier molecular flexibility index (Phi) is 2.76. The summed E-state index contributed by atoms with van der Waals surface area (Å²) in [5.41, 5.74) is 3.57. The van der Waals surface area contributed by atoms with E-state index in [9.17, 15) is 4.79 Å². The minimum absolute atomic E-state index is 0.148. The smallest absolute Gasteiger partial charge is 0.224 e. The van der Waals surface area contributed by atoms with Crippen molar-refractivity contribution in [2.45, 2.75) is 39.0 Å². The molecule has 0 atom stereocenters. The van der Waals surface area contributed by atoms with Gasteiger partial charge < -0.3 is 5.32 Å². The predicted molar refractivity (Wildman–Crippen MR) is 62.1 cm³/mol. The molecule has 1 N–H and O–H groups in total.